The molecule has 2 aromatic carbocycles. The average molecular weight is 185 g/mol. The van der Waals surface area contributed by atoms with Crippen LogP contribution in [0.2, 0.25) is 0 Å². The van der Waals surface area contributed by atoms with Crippen molar-refractivity contribution in [3.05, 3.63) is 48.0 Å². The van der Waals surface area contributed by atoms with Crippen molar-refractivity contribution in [1.82, 2.24) is 0 Å². The fourth-order valence-electron chi connectivity index (χ4n) is 1.33. The van der Waals surface area contributed by atoms with Gasteiger partial charge in [0, 0.05) is 12.1 Å². The lowest BCUT2D eigenvalue weighted by Gasteiger charge is -1.98. The van der Waals surface area contributed by atoms with Gasteiger partial charge in [0.2, 0.25) is 0 Å². The molecule has 0 radical (unpaired) electrons. The van der Waals surface area contributed by atoms with Crippen LogP contribution in [-0.2, 0) is 6.54 Å². The lowest BCUT2D eigenvalue weighted by molar-refractivity contribution is 1.09. The highest BCUT2D eigenvalue weighted by Gasteiger charge is 1.95. The predicted molar refractivity (Wildman–Crippen MR) is 60.9 cm³/mol. The van der Waals surface area contributed by atoms with Crippen LogP contribution < -0.4 is 5.73 Å². The van der Waals surface area contributed by atoms with Crippen LogP contribution in [0.4, 0.5) is 0 Å². The Kier molecular flexibility index (Phi) is 3.97. The summed E-state index contributed by atoms with van der Waals surface area (Å²) in [6.07, 6.45) is 0. The van der Waals surface area contributed by atoms with Gasteiger partial charge in [-0.05, 0) is 16.8 Å². The maximum Gasteiger partial charge on any atom is 0.0265 e. The van der Waals surface area contributed by atoms with Crippen LogP contribution in [0.3, 0.4) is 0 Å². The second kappa shape index (κ2) is 5.26. The van der Waals surface area contributed by atoms with Crippen molar-refractivity contribution in [1.29, 1.82) is 0 Å². The van der Waals surface area contributed by atoms with E-state index < -0.39 is 0 Å². The van der Waals surface area contributed by atoms with Gasteiger partial charge < -0.3 is 5.73 Å². The van der Waals surface area contributed by atoms with Gasteiger partial charge in [-0.3, -0.25) is 0 Å². The molecule has 2 aromatic rings. The molecule has 72 valence electrons. The number of rotatable bonds is 1. The third kappa shape index (κ3) is 2.04. The molecule has 0 bridgehead atoms. The van der Waals surface area contributed by atoms with Crippen molar-refractivity contribution in [2.45, 2.75) is 20.4 Å². The summed E-state index contributed by atoms with van der Waals surface area (Å²) in [5.74, 6) is 0. The van der Waals surface area contributed by atoms with E-state index in [0.717, 1.165) is 5.56 Å². The van der Waals surface area contributed by atoms with Gasteiger partial charge >= 0.3 is 0 Å². The molecule has 0 spiro atoms. The molecule has 0 aliphatic heterocycles. The van der Waals surface area contributed by atoms with Crippen molar-refractivity contribution in [2.24, 2.45) is 5.73 Å². The Balaban J connectivity index is 0.000000461. The molecule has 0 amide bonds. The molecule has 0 heterocycles. The number of benzene rings is 1. The van der Waals surface area contributed by atoms with E-state index in [2.05, 4.69) is 24.3 Å². The molecule has 1 nitrogen and oxygen atoms in total. The molecule has 1 heteroatoms. The number of fused-ring (bicyclic) bond motifs is 1. The highest BCUT2D eigenvalue weighted by Crippen LogP contribution is 2.14. The molecule has 0 saturated heterocycles. The van der Waals surface area contributed by atoms with Crippen molar-refractivity contribution >= 4 is 10.8 Å². The molecule has 0 atom stereocenters. The van der Waals surface area contributed by atoms with E-state index in [1.807, 2.05) is 32.0 Å². The molecule has 0 aliphatic rings. The van der Waals surface area contributed by atoms with Gasteiger partial charge in [-0.15, -0.1) is 0 Å². The predicted octanol–water partition coefficient (Wildman–Crippen LogP) is 2.93. The SMILES string of the molecule is CC.NCc1c#ccc2ccccc12. The smallest absolute Gasteiger partial charge is 0.0265 e. The topological polar surface area (TPSA) is 26.0 Å². The lowest BCUT2D eigenvalue weighted by Crippen LogP contribution is -1.95. The zero-order valence-electron chi connectivity index (χ0n) is 8.67. The minimum Gasteiger partial charge on any atom is -0.326 e. The van der Waals surface area contributed by atoms with E-state index in [4.69, 9.17) is 5.73 Å². The fourth-order valence-corrected chi connectivity index (χ4v) is 1.33. The molecule has 0 fully saturated rings. The van der Waals surface area contributed by atoms with Gasteiger partial charge in [-0.2, -0.15) is 0 Å². The summed E-state index contributed by atoms with van der Waals surface area (Å²) < 4.78 is 0. The molecule has 14 heavy (non-hydrogen) atoms. The maximum absolute atomic E-state index is 5.56. The zero-order valence-corrected chi connectivity index (χ0v) is 8.67. The Morgan fingerprint density at radius 3 is 2.64 bits per heavy atom. The Labute approximate surface area is 85.6 Å². The second-order valence-electron chi connectivity index (χ2n) is 2.68. The largest absolute Gasteiger partial charge is 0.326 e. The van der Waals surface area contributed by atoms with Gasteiger partial charge in [-0.25, -0.2) is 0 Å². The van der Waals surface area contributed by atoms with Gasteiger partial charge in [0.25, 0.3) is 0 Å². The van der Waals surface area contributed by atoms with Gasteiger partial charge in [-0.1, -0.05) is 50.2 Å². The standard InChI is InChI=1S/C11H9N.C2H6/c12-8-10-6-3-5-9-4-1-2-7-11(9)10;1-2/h1-2,4-5,7H,8,12H2;1-2H3. The minimum atomic E-state index is 0.526. The Morgan fingerprint density at radius 1 is 1.21 bits per heavy atom. The van der Waals surface area contributed by atoms with E-state index in [-0.39, 0.29) is 0 Å². The summed E-state index contributed by atoms with van der Waals surface area (Å²) >= 11 is 0. The third-order valence-electron chi connectivity index (χ3n) is 1.94. The Morgan fingerprint density at radius 2 is 1.93 bits per heavy atom. The quantitative estimate of drug-likeness (QED) is 0.726. The molecular weight excluding hydrogens is 170 g/mol. The van der Waals surface area contributed by atoms with E-state index in [1.165, 1.54) is 10.8 Å². The monoisotopic (exact) mass is 185 g/mol. The van der Waals surface area contributed by atoms with E-state index in [1.54, 1.807) is 0 Å². The van der Waals surface area contributed by atoms with E-state index >= 15 is 0 Å². The molecular formula is C13H15N. The molecule has 2 N–H and O–H groups in total. The second-order valence-corrected chi connectivity index (χ2v) is 2.68. The van der Waals surface area contributed by atoms with Crippen LogP contribution in [0.15, 0.2) is 30.3 Å². The van der Waals surface area contributed by atoms with Crippen molar-refractivity contribution in [2.75, 3.05) is 0 Å². The first-order chi connectivity index (χ1) is 6.92. The van der Waals surface area contributed by atoms with Crippen LogP contribution in [0.25, 0.3) is 10.8 Å². The number of hydrogen-bond donors (Lipinski definition) is 1. The summed E-state index contributed by atoms with van der Waals surface area (Å²) in [5, 5.41) is 2.36. The minimum absolute atomic E-state index is 0.526. The first kappa shape index (κ1) is 10.6. The van der Waals surface area contributed by atoms with Crippen LogP contribution in [0.5, 0.6) is 0 Å². The third-order valence-corrected chi connectivity index (χ3v) is 1.94. The van der Waals surface area contributed by atoms with E-state index in [9.17, 15) is 0 Å². The van der Waals surface area contributed by atoms with Crippen LogP contribution in [-0.4, -0.2) is 0 Å². The van der Waals surface area contributed by atoms with Crippen molar-refractivity contribution < 1.29 is 0 Å². The molecule has 0 saturated carbocycles. The van der Waals surface area contributed by atoms with Gasteiger partial charge in [0.15, 0.2) is 0 Å². The van der Waals surface area contributed by atoms with Gasteiger partial charge in [0.1, 0.15) is 0 Å². The summed E-state index contributed by atoms with van der Waals surface area (Å²) in [7, 11) is 0. The zero-order chi connectivity index (χ0) is 10.4. The summed E-state index contributed by atoms with van der Waals surface area (Å²) in [4.78, 5) is 0. The normalized spacial score (nSPS) is 8.79. The summed E-state index contributed by atoms with van der Waals surface area (Å²) in [6.45, 7) is 4.53. The number of nitrogens with two attached hydrogens (primary N) is 1. The fraction of sp³-hybridized carbons (Fsp3) is 0.231. The lowest BCUT2D eigenvalue weighted by atomic mass is 10.1. The average Bonchev–Trinajstić information content (AvgIpc) is 2.31. The molecule has 0 aromatic heterocycles. The summed E-state index contributed by atoms with van der Waals surface area (Å²) in [6, 6.07) is 16.0. The molecule has 0 unspecified atom stereocenters. The summed E-state index contributed by atoms with van der Waals surface area (Å²) in [5.41, 5.74) is 6.60. The van der Waals surface area contributed by atoms with Crippen LogP contribution in [0, 0.1) is 12.1 Å². The van der Waals surface area contributed by atoms with Crippen LogP contribution >= 0.6 is 0 Å². The van der Waals surface area contributed by atoms with Crippen molar-refractivity contribution in [3.8, 4) is 0 Å². The van der Waals surface area contributed by atoms with Crippen molar-refractivity contribution in [3.63, 3.8) is 0 Å². The first-order valence-electron chi connectivity index (χ1n) is 4.92. The Hall–Kier alpha value is -1.52. The maximum atomic E-state index is 5.56. The first-order valence-corrected chi connectivity index (χ1v) is 4.92. The Bertz CT molecular complexity index is 388. The molecule has 0 aliphatic carbocycles. The highest BCUT2D eigenvalue weighted by atomic mass is 14.5. The van der Waals surface area contributed by atoms with E-state index in [0.29, 0.717) is 6.54 Å². The molecule has 2 rings (SSSR count). The van der Waals surface area contributed by atoms with Crippen LogP contribution in [0.1, 0.15) is 19.4 Å². The number of hydrogen-bond acceptors (Lipinski definition) is 1. The highest BCUT2D eigenvalue weighted by molar-refractivity contribution is 5.84. The van der Waals surface area contributed by atoms with Gasteiger partial charge in [0.05, 0.1) is 0 Å².